The van der Waals surface area contributed by atoms with Gasteiger partial charge in [-0.15, -0.1) is 0 Å². The molecule has 0 spiro atoms. The normalized spacial score (nSPS) is 12.5. The first kappa shape index (κ1) is 18.3. The smallest absolute Gasteiger partial charge is 0.227 e. The van der Waals surface area contributed by atoms with Crippen LogP contribution in [0.4, 0.5) is 0 Å². The van der Waals surface area contributed by atoms with Crippen molar-refractivity contribution in [3.63, 3.8) is 0 Å². The molecule has 5 heteroatoms. The first-order valence-corrected chi connectivity index (χ1v) is 8.07. The predicted octanol–water partition coefficient (Wildman–Crippen LogP) is 3.98. The molecule has 0 fully saturated rings. The molecule has 0 aliphatic rings. The number of hydrogen-bond donors (Lipinski definition) is 1. The zero-order chi connectivity index (χ0) is 16.0. The average molecular weight is 331 g/mol. The van der Waals surface area contributed by atoms with Crippen molar-refractivity contribution in [2.45, 2.75) is 40.3 Å². The van der Waals surface area contributed by atoms with E-state index in [1.807, 2.05) is 44.7 Å². The van der Waals surface area contributed by atoms with E-state index in [4.69, 9.17) is 23.2 Å². The van der Waals surface area contributed by atoms with Gasteiger partial charge in [0.05, 0.1) is 10.0 Å². The van der Waals surface area contributed by atoms with Gasteiger partial charge in [0.1, 0.15) is 0 Å². The van der Waals surface area contributed by atoms with E-state index in [2.05, 4.69) is 5.32 Å². The van der Waals surface area contributed by atoms with Crippen molar-refractivity contribution in [1.29, 1.82) is 0 Å². The third-order valence-corrected chi connectivity index (χ3v) is 4.10. The maximum atomic E-state index is 12.6. The molecule has 0 aliphatic heterocycles. The molecule has 1 atom stereocenters. The third kappa shape index (κ3) is 5.50. The molecule has 118 valence electrons. The van der Waals surface area contributed by atoms with Crippen LogP contribution in [-0.4, -0.2) is 29.9 Å². The molecule has 1 N–H and O–H groups in total. The van der Waals surface area contributed by atoms with Crippen LogP contribution in [0, 0.1) is 5.92 Å². The number of benzene rings is 1. The Kier molecular flexibility index (Phi) is 7.50. The number of hydrogen-bond acceptors (Lipinski definition) is 2. The van der Waals surface area contributed by atoms with Gasteiger partial charge in [-0.05, 0) is 38.1 Å². The molecule has 1 unspecified atom stereocenters. The summed E-state index contributed by atoms with van der Waals surface area (Å²) in [6, 6.07) is 5.63. The molecule has 0 aliphatic carbocycles. The largest absolute Gasteiger partial charge is 0.336 e. The lowest BCUT2D eigenvalue weighted by atomic mass is 10.1. The molecule has 3 nitrogen and oxygen atoms in total. The molecule has 0 bridgehead atoms. The van der Waals surface area contributed by atoms with Crippen molar-refractivity contribution in [3.8, 4) is 0 Å². The van der Waals surface area contributed by atoms with Crippen molar-refractivity contribution < 1.29 is 4.79 Å². The molecule has 1 amide bonds. The minimum atomic E-state index is -0.0462. The Morgan fingerprint density at radius 2 is 1.90 bits per heavy atom. The van der Waals surface area contributed by atoms with Crippen molar-refractivity contribution in [2.24, 2.45) is 5.92 Å². The van der Waals surface area contributed by atoms with E-state index >= 15 is 0 Å². The molecule has 0 saturated carbocycles. The highest BCUT2D eigenvalue weighted by Crippen LogP contribution is 2.24. The second kappa shape index (κ2) is 8.62. The van der Waals surface area contributed by atoms with Crippen LogP contribution in [0.3, 0.4) is 0 Å². The van der Waals surface area contributed by atoms with Gasteiger partial charge in [0.25, 0.3) is 0 Å². The number of rotatable bonds is 7. The van der Waals surface area contributed by atoms with Gasteiger partial charge in [-0.2, -0.15) is 0 Å². The number of nitrogens with zero attached hydrogens (tertiary/aromatic N) is 1. The van der Waals surface area contributed by atoms with Crippen molar-refractivity contribution in [3.05, 3.63) is 33.8 Å². The molecular formula is C16H24Cl2N2O. The summed E-state index contributed by atoms with van der Waals surface area (Å²) >= 11 is 12.0. The van der Waals surface area contributed by atoms with E-state index < -0.39 is 0 Å². The van der Waals surface area contributed by atoms with Gasteiger partial charge < -0.3 is 10.2 Å². The molecule has 21 heavy (non-hydrogen) atoms. The Morgan fingerprint density at radius 3 is 2.43 bits per heavy atom. The van der Waals surface area contributed by atoms with Gasteiger partial charge in [-0.3, -0.25) is 4.79 Å². The molecule has 0 heterocycles. The van der Waals surface area contributed by atoms with Gasteiger partial charge in [-0.1, -0.05) is 43.1 Å². The lowest BCUT2D eigenvalue weighted by Gasteiger charge is -2.30. The fourth-order valence-electron chi connectivity index (χ4n) is 2.08. The summed E-state index contributed by atoms with van der Waals surface area (Å²) in [6.45, 7) is 10.1. The Bertz CT molecular complexity index is 477. The summed E-state index contributed by atoms with van der Waals surface area (Å²) in [6.07, 6.45) is 0. The summed E-state index contributed by atoms with van der Waals surface area (Å²) in [7, 11) is 0. The maximum Gasteiger partial charge on any atom is 0.227 e. The van der Waals surface area contributed by atoms with Crippen LogP contribution in [0.15, 0.2) is 18.2 Å². The van der Waals surface area contributed by atoms with E-state index in [1.54, 1.807) is 6.07 Å². The number of carbonyl (C=O) groups excluding carboxylic acids is 1. The van der Waals surface area contributed by atoms with Crippen LogP contribution in [0.5, 0.6) is 0 Å². The monoisotopic (exact) mass is 330 g/mol. The lowest BCUT2D eigenvalue weighted by molar-refractivity contribution is -0.137. The van der Waals surface area contributed by atoms with Gasteiger partial charge >= 0.3 is 0 Å². The van der Waals surface area contributed by atoms with Gasteiger partial charge in [0.2, 0.25) is 5.91 Å². The highest BCUT2D eigenvalue weighted by molar-refractivity contribution is 6.42. The topological polar surface area (TPSA) is 32.3 Å². The third-order valence-electron chi connectivity index (χ3n) is 3.37. The summed E-state index contributed by atoms with van der Waals surface area (Å²) in [5.74, 6) is 0.104. The van der Waals surface area contributed by atoms with Crippen molar-refractivity contribution in [2.75, 3.05) is 13.1 Å². The molecule has 1 aromatic carbocycles. The minimum absolute atomic E-state index is 0.0462. The predicted molar refractivity (Wildman–Crippen MR) is 89.9 cm³/mol. The number of amides is 1. The second-order valence-electron chi connectivity index (χ2n) is 5.52. The average Bonchev–Trinajstić information content (AvgIpc) is 2.44. The number of halogens is 2. The Balaban J connectivity index is 2.81. The van der Waals surface area contributed by atoms with E-state index in [-0.39, 0.29) is 17.9 Å². The van der Waals surface area contributed by atoms with E-state index in [1.165, 1.54) is 0 Å². The van der Waals surface area contributed by atoms with Crippen LogP contribution in [0.25, 0.3) is 0 Å². The highest BCUT2D eigenvalue weighted by atomic mass is 35.5. The first-order chi connectivity index (χ1) is 9.86. The zero-order valence-corrected chi connectivity index (χ0v) is 14.6. The molecular weight excluding hydrogens is 307 g/mol. The fraction of sp³-hybridized carbons (Fsp3) is 0.562. The molecule has 1 aromatic rings. The summed E-state index contributed by atoms with van der Waals surface area (Å²) in [5, 5.41) is 4.27. The summed E-state index contributed by atoms with van der Waals surface area (Å²) in [5.41, 5.74) is 0.988. The maximum absolute atomic E-state index is 12.6. The number of nitrogens with one attached hydrogen (secondary N) is 1. The Morgan fingerprint density at radius 1 is 1.24 bits per heavy atom. The SMILES string of the molecule is CCNCC(C)C(=O)N(Cc1ccc(Cl)c(Cl)c1)C(C)C. The second-order valence-corrected chi connectivity index (χ2v) is 6.33. The van der Waals surface area contributed by atoms with Crippen LogP contribution in [0.1, 0.15) is 33.3 Å². The Labute approximate surface area is 137 Å². The van der Waals surface area contributed by atoms with Crippen molar-refractivity contribution >= 4 is 29.1 Å². The van der Waals surface area contributed by atoms with E-state index in [0.717, 1.165) is 12.1 Å². The van der Waals surface area contributed by atoms with Crippen LogP contribution < -0.4 is 5.32 Å². The zero-order valence-electron chi connectivity index (χ0n) is 13.1. The quantitative estimate of drug-likeness (QED) is 0.820. The Hall–Kier alpha value is -0.770. The van der Waals surface area contributed by atoms with Crippen LogP contribution >= 0.6 is 23.2 Å². The fourth-order valence-corrected chi connectivity index (χ4v) is 2.40. The summed E-state index contributed by atoms with van der Waals surface area (Å²) in [4.78, 5) is 14.5. The molecule has 0 saturated heterocycles. The van der Waals surface area contributed by atoms with Crippen molar-refractivity contribution in [1.82, 2.24) is 10.2 Å². The standard InChI is InChI=1S/C16H24Cl2N2O/c1-5-19-9-12(4)16(21)20(11(2)3)10-13-6-7-14(17)15(18)8-13/h6-8,11-12,19H,5,9-10H2,1-4H3. The molecule has 0 aromatic heterocycles. The molecule has 1 rings (SSSR count). The first-order valence-electron chi connectivity index (χ1n) is 7.31. The van der Waals surface area contributed by atoms with E-state index in [9.17, 15) is 4.79 Å². The number of carbonyl (C=O) groups is 1. The van der Waals surface area contributed by atoms with Gasteiger partial charge in [-0.25, -0.2) is 0 Å². The highest BCUT2D eigenvalue weighted by Gasteiger charge is 2.22. The summed E-state index contributed by atoms with van der Waals surface area (Å²) < 4.78 is 0. The lowest BCUT2D eigenvalue weighted by Crippen LogP contribution is -2.42. The van der Waals surface area contributed by atoms with Crippen LogP contribution in [0.2, 0.25) is 10.0 Å². The van der Waals surface area contributed by atoms with Gasteiger partial charge in [0, 0.05) is 25.0 Å². The van der Waals surface area contributed by atoms with Crippen LogP contribution in [-0.2, 0) is 11.3 Å². The minimum Gasteiger partial charge on any atom is -0.336 e. The van der Waals surface area contributed by atoms with E-state index in [0.29, 0.717) is 23.1 Å². The molecule has 0 radical (unpaired) electrons. The van der Waals surface area contributed by atoms with Gasteiger partial charge in [0.15, 0.2) is 0 Å².